The molecule has 0 radical (unpaired) electrons. The van der Waals surface area contributed by atoms with Crippen molar-refractivity contribution in [1.29, 1.82) is 0 Å². The van der Waals surface area contributed by atoms with E-state index in [0.717, 1.165) is 29.8 Å². The Hall–Kier alpha value is -2.83. The lowest BCUT2D eigenvalue weighted by molar-refractivity contribution is -0.137. The molecule has 0 spiro atoms. The van der Waals surface area contributed by atoms with Crippen LogP contribution in [0.3, 0.4) is 0 Å². The number of amides is 1. The molecule has 0 saturated carbocycles. The minimum atomic E-state index is -4.66. The molecule has 0 unspecified atom stereocenters. The van der Waals surface area contributed by atoms with Gasteiger partial charge in [0.1, 0.15) is 12.4 Å². The predicted octanol–water partition coefficient (Wildman–Crippen LogP) is 4.78. The summed E-state index contributed by atoms with van der Waals surface area (Å²) in [6, 6.07) is 11.7. The van der Waals surface area contributed by atoms with Crippen LogP contribution in [-0.4, -0.2) is 12.6 Å². The third-order valence-electron chi connectivity index (χ3n) is 3.22. The number of ether oxygens (including phenoxy) is 1. The average molecular weight is 353 g/mol. The molecule has 0 aliphatic heterocycles. The molecular weight excluding hydrogens is 338 g/mol. The first-order valence-electron chi connectivity index (χ1n) is 7.34. The topological polar surface area (TPSA) is 38.3 Å². The zero-order valence-corrected chi connectivity index (χ0v) is 13.0. The quantitative estimate of drug-likeness (QED) is 0.786. The van der Waals surface area contributed by atoms with E-state index in [1.165, 1.54) is 6.08 Å². The maximum absolute atomic E-state index is 13.6. The van der Waals surface area contributed by atoms with Gasteiger partial charge in [-0.05, 0) is 17.7 Å². The second-order valence-corrected chi connectivity index (χ2v) is 5.04. The van der Waals surface area contributed by atoms with Crippen molar-refractivity contribution >= 4 is 12.2 Å². The Kier molecular flexibility index (Phi) is 6.16. The van der Waals surface area contributed by atoms with Gasteiger partial charge >= 0.3 is 12.3 Å². The molecular formula is C18H15F4NO2. The molecule has 3 nitrogen and oxygen atoms in total. The van der Waals surface area contributed by atoms with Crippen LogP contribution in [0.25, 0.3) is 6.08 Å². The average Bonchev–Trinajstić information content (AvgIpc) is 2.58. The first-order valence-corrected chi connectivity index (χ1v) is 7.34. The van der Waals surface area contributed by atoms with Crippen LogP contribution in [0.1, 0.15) is 16.7 Å². The van der Waals surface area contributed by atoms with Gasteiger partial charge in [0.25, 0.3) is 0 Å². The number of rotatable bonds is 5. The first kappa shape index (κ1) is 18.5. The number of carbonyl (C=O) groups is 1. The second kappa shape index (κ2) is 8.32. The van der Waals surface area contributed by atoms with Gasteiger partial charge in [-0.1, -0.05) is 48.6 Å². The highest BCUT2D eigenvalue weighted by atomic mass is 19.4. The minimum absolute atomic E-state index is 0.0714. The third-order valence-corrected chi connectivity index (χ3v) is 3.22. The summed E-state index contributed by atoms with van der Waals surface area (Å²) in [6.45, 7) is -0.0266. The molecule has 7 heteroatoms. The van der Waals surface area contributed by atoms with Crippen molar-refractivity contribution < 1.29 is 27.1 Å². The highest BCUT2D eigenvalue weighted by Crippen LogP contribution is 2.33. The van der Waals surface area contributed by atoms with Gasteiger partial charge in [0.05, 0.1) is 5.56 Å². The molecule has 0 saturated heterocycles. The van der Waals surface area contributed by atoms with E-state index in [4.69, 9.17) is 4.74 Å². The van der Waals surface area contributed by atoms with Crippen molar-refractivity contribution in [3.8, 4) is 0 Å². The van der Waals surface area contributed by atoms with Crippen molar-refractivity contribution in [1.82, 2.24) is 5.32 Å². The van der Waals surface area contributed by atoms with Gasteiger partial charge in [-0.3, -0.25) is 0 Å². The molecule has 0 aliphatic rings. The van der Waals surface area contributed by atoms with Crippen LogP contribution in [0.5, 0.6) is 0 Å². The van der Waals surface area contributed by atoms with Crippen molar-refractivity contribution in [3.63, 3.8) is 0 Å². The van der Waals surface area contributed by atoms with Gasteiger partial charge in [0.2, 0.25) is 0 Å². The zero-order valence-electron chi connectivity index (χ0n) is 13.0. The molecule has 2 aromatic rings. The molecule has 0 aliphatic carbocycles. The first-order chi connectivity index (χ1) is 11.9. The number of halogens is 4. The maximum atomic E-state index is 13.6. The summed E-state index contributed by atoms with van der Waals surface area (Å²) in [5, 5.41) is 2.35. The van der Waals surface area contributed by atoms with Crippen LogP contribution >= 0.6 is 0 Å². The molecule has 0 fully saturated rings. The normalized spacial score (nSPS) is 11.5. The Labute approximate surface area is 141 Å². The highest BCUT2D eigenvalue weighted by molar-refractivity contribution is 5.67. The Balaban J connectivity index is 1.88. The number of carbonyl (C=O) groups excluding carboxylic acids is 1. The van der Waals surface area contributed by atoms with Gasteiger partial charge in [-0.25, -0.2) is 9.18 Å². The van der Waals surface area contributed by atoms with E-state index in [-0.39, 0.29) is 13.2 Å². The van der Waals surface area contributed by atoms with Crippen molar-refractivity contribution in [2.45, 2.75) is 12.8 Å². The summed E-state index contributed by atoms with van der Waals surface area (Å²) in [5.41, 5.74) is -0.848. The minimum Gasteiger partial charge on any atom is -0.445 e. The van der Waals surface area contributed by atoms with E-state index in [1.54, 1.807) is 24.3 Å². The maximum Gasteiger partial charge on any atom is 0.417 e. The summed E-state index contributed by atoms with van der Waals surface area (Å²) in [6.07, 6.45) is -3.19. The molecule has 2 aromatic carbocycles. The summed E-state index contributed by atoms with van der Waals surface area (Å²) in [4.78, 5) is 11.5. The third kappa shape index (κ3) is 5.63. The molecule has 0 atom stereocenters. The van der Waals surface area contributed by atoms with Gasteiger partial charge < -0.3 is 10.1 Å². The standard InChI is InChI=1S/C18H15F4NO2/c19-16-10-4-9-15(18(20,21)22)14(16)8-5-11-23-17(24)25-12-13-6-2-1-3-7-13/h1-10H,11-12H2,(H,23,24). The molecule has 0 heterocycles. The smallest absolute Gasteiger partial charge is 0.417 e. The fraction of sp³-hybridized carbons (Fsp3) is 0.167. The van der Waals surface area contributed by atoms with Gasteiger partial charge in [-0.2, -0.15) is 13.2 Å². The van der Waals surface area contributed by atoms with Gasteiger partial charge in [0, 0.05) is 12.1 Å². The lowest BCUT2D eigenvalue weighted by atomic mass is 10.1. The highest BCUT2D eigenvalue weighted by Gasteiger charge is 2.33. The van der Waals surface area contributed by atoms with Crippen molar-refractivity contribution in [3.05, 3.63) is 77.1 Å². The molecule has 1 N–H and O–H groups in total. The predicted molar refractivity (Wildman–Crippen MR) is 85.1 cm³/mol. The molecule has 0 aromatic heterocycles. The zero-order chi connectivity index (χ0) is 18.3. The van der Waals surface area contributed by atoms with Crippen LogP contribution in [0, 0.1) is 5.82 Å². The monoisotopic (exact) mass is 353 g/mol. The number of hydrogen-bond donors (Lipinski definition) is 1. The number of nitrogens with one attached hydrogen (secondary N) is 1. The summed E-state index contributed by atoms with van der Waals surface area (Å²) >= 11 is 0. The number of alkyl halides is 3. The fourth-order valence-electron chi connectivity index (χ4n) is 2.05. The van der Waals surface area contributed by atoms with E-state index in [2.05, 4.69) is 5.32 Å². The van der Waals surface area contributed by atoms with E-state index < -0.39 is 29.2 Å². The van der Waals surface area contributed by atoms with Crippen molar-refractivity contribution in [2.75, 3.05) is 6.54 Å². The Morgan fingerprint density at radius 1 is 1.08 bits per heavy atom. The molecule has 2 rings (SSSR count). The van der Waals surface area contributed by atoms with Crippen LogP contribution in [0.15, 0.2) is 54.6 Å². The van der Waals surface area contributed by atoms with Crippen LogP contribution in [0.2, 0.25) is 0 Å². The Morgan fingerprint density at radius 2 is 1.80 bits per heavy atom. The molecule has 0 bridgehead atoms. The molecule has 132 valence electrons. The lowest BCUT2D eigenvalue weighted by Crippen LogP contribution is -2.24. The van der Waals surface area contributed by atoms with Gasteiger partial charge in [-0.15, -0.1) is 0 Å². The van der Waals surface area contributed by atoms with E-state index in [1.807, 2.05) is 6.07 Å². The fourth-order valence-corrected chi connectivity index (χ4v) is 2.05. The van der Waals surface area contributed by atoms with E-state index in [9.17, 15) is 22.4 Å². The van der Waals surface area contributed by atoms with E-state index >= 15 is 0 Å². The largest absolute Gasteiger partial charge is 0.445 e. The molecule has 1 amide bonds. The number of hydrogen-bond acceptors (Lipinski definition) is 2. The summed E-state index contributed by atoms with van der Waals surface area (Å²) in [7, 11) is 0. The van der Waals surface area contributed by atoms with Crippen LogP contribution < -0.4 is 5.32 Å². The SMILES string of the molecule is O=C(NCC=Cc1c(F)cccc1C(F)(F)F)OCc1ccccc1. The van der Waals surface area contributed by atoms with Crippen LogP contribution in [-0.2, 0) is 17.5 Å². The Bertz CT molecular complexity index is 742. The lowest BCUT2D eigenvalue weighted by Gasteiger charge is -2.10. The van der Waals surface area contributed by atoms with Crippen molar-refractivity contribution in [2.24, 2.45) is 0 Å². The van der Waals surface area contributed by atoms with Gasteiger partial charge in [0.15, 0.2) is 0 Å². The summed E-state index contributed by atoms with van der Waals surface area (Å²) < 4.78 is 57.1. The summed E-state index contributed by atoms with van der Waals surface area (Å²) in [5.74, 6) is -0.988. The van der Waals surface area contributed by atoms with Crippen LogP contribution in [0.4, 0.5) is 22.4 Å². The molecule has 25 heavy (non-hydrogen) atoms. The Morgan fingerprint density at radius 3 is 2.48 bits per heavy atom. The van der Waals surface area contributed by atoms with E-state index in [0.29, 0.717) is 0 Å². The number of alkyl carbamates (subject to hydrolysis) is 1. The second-order valence-electron chi connectivity index (χ2n) is 5.04. The number of benzene rings is 2.